The molecule has 0 saturated carbocycles. The number of hydrogen-bond acceptors (Lipinski definition) is 4. The molecule has 0 radical (unpaired) electrons. The molecule has 1 aliphatic rings. The van der Waals surface area contributed by atoms with Gasteiger partial charge in [0.1, 0.15) is 5.82 Å². The van der Waals surface area contributed by atoms with Crippen LogP contribution in [-0.2, 0) is 11.2 Å². The zero-order valence-corrected chi connectivity index (χ0v) is 18.6. The van der Waals surface area contributed by atoms with Crippen LogP contribution in [0.15, 0.2) is 60.7 Å². The summed E-state index contributed by atoms with van der Waals surface area (Å²) in [6.45, 7) is 2.43. The summed E-state index contributed by atoms with van der Waals surface area (Å²) in [6.07, 6.45) is 1.86. The van der Waals surface area contributed by atoms with Crippen LogP contribution in [0.25, 0.3) is 0 Å². The summed E-state index contributed by atoms with van der Waals surface area (Å²) in [7, 11) is 1.48. The molecule has 4 rings (SSSR count). The third-order valence-corrected chi connectivity index (χ3v) is 5.50. The van der Waals surface area contributed by atoms with Crippen LogP contribution in [0.2, 0.25) is 0 Å². The topological polar surface area (TPSA) is 67.9 Å². The fourth-order valence-electron chi connectivity index (χ4n) is 3.89. The number of amides is 2. The highest BCUT2D eigenvalue weighted by Crippen LogP contribution is 2.32. The molecular formula is C26H25FN2O4. The number of benzene rings is 3. The molecule has 0 fully saturated rings. The van der Waals surface area contributed by atoms with Gasteiger partial charge in [0.2, 0.25) is 0 Å². The zero-order chi connectivity index (χ0) is 23.4. The molecule has 170 valence electrons. The Morgan fingerprint density at radius 3 is 2.58 bits per heavy atom. The minimum Gasteiger partial charge on any atom is -0.493 e. The van der Waals surface area contributed by atoms with Gasteiger partial charge < -0.3 is 19.7 Å². The number of aryl methyl sites for hydroxylation is 2. The first-order valence-electron chi connectivity index (χ1n) is 10.7. The van der Waals surface area contributed by atoms with Gasteiger partial charge in [0, 0.05) is 23.5 Å². The van der Waals surface area contributed by atoms with Crippen molar-refractivity contribution in [2.75, 3.05) is 30.5 Å². The van der Waals surface area contributed by atoms with Gasteiger partial charge in [-0.3, -0.25) is 9.59 Å². The van der Waals surface area contributed by atoms with Gasteiger partial charge in [0.15, 0.2) is 18.1 Å². The molecule has 3 aromatic rings. The summed E-state index contributed by atoms with van der Waals surface area (Å²) in [5.74, 6) is -0.191. The number of fused-ring (bicyclic) bond motifs is 1. The van der Waals surface area contributed by atoms with Crippen molar-refractivity contribution >= 4 is 23.2 Å². The van der Waals surface area contributed by atoms with Crippen molar-refractivity contribution in [3.05, 3.63) is 83.2 Å². The minimum absolute atomic E-state index is 0.112. The third-order valence-electron chi connectivity index (χ3n) is 5.50. The number of ether oxygens (including phenoxy) is 2. The lowest BCUT2D eigenvalue weighted by molar-refractivity contribution is -0.118. The fraction of sp³-hybridized carbons (Fsp3) is 0.231. The van der Waals surface area contributed by atoms with Crippen molar-refractivity contribution in [3.8, 4) is 11.5 Å². The van der Waals surface area contributed by atoms with Crippen molar-refractivity contribution in [2.24, 2.45) is 0 Å². The van der Waals surface area contributed by atoms with E-state index in [1.807, 2.05) is 19.1 Å². The highest BCUT2D eigenvalue weighted by Gasteiger charge is 2.24. The van der Waals surface area contributed by atoms with E-state index in [9.17, 15) is 14.0 Å². The van der Waals surface area contributed by atoms with Gasteiger partial charge in [-0.2, -0.15) is 0 Å². The third kappa shape index (κ3) is 5.14. The van der Waals surface area contributed by atoms with Crippen molar-refractivity contribution in [2.45, 2.75) is 19.8 Å². The monoisotopic (exact) mass is 448 g/mol. The number of carbonyl (C=O) groups is 2. The lowest BCUT2D eigenvalue weighted by atomic mass is 9.99. The summed E-state index contributed by atoms with van der Waals surface area (Å²) < 4.78 is 24.0. The number of nitrogens with one attached hydrogen (secondary N) is 1. The highest BCUT2D eigenvalue weighted by molar-refractivity contribution is 6.07. The lowest BCUT2D eigenvalue weighted by Crippen LogP contribution is -2.35. The molecule has 0 spiro atoms. The second kappa shape index (κ2) is 9.73. The zero-order valence-electron chi connectivity index (χ0n) is 18.6. The van der Waals surface area contributed by atoms with E-state index in [0.717, 1.165) is 18.5 Å². The maximum absolute atomic E-state index is 13.3. The van der Waals surface area contributed by atoms with Crippen LogP contribution in [0, 0.1) is 12.7 Å². The molecule has 0 unspecified atom stereocenters. The van der Waals surface area contributed by atoms with Gasteiger partial charge in [-0.05, 0) is 73.9 Å². The second-order valence-corrected chi connectivity index (χ2v) is 7.90. The van der Waals surface area contributed by atoms with Gasteiger partial charge in [-0.15, -0.1) is 0 Å². The average Bonchev–Trinajstić information content (AvgIpc) is 2.83. The maximum Gasteiger partial charge on any atom is 0.262 e. The lowest BCUT2D eigenvalue weighted by Gasteiger charge is -2.30. The number of halogens is 1. The summed E-state index contributed by atoms with van der Waals surface area (Å²) >= 11 is 0. The number of hydrogen-bond donors (Lipinski definition) is 1. The molecule has 1 heterocycles. The van der Waals surface area contributed by atoms with Crippen LogP contribution < -0.4 is 19.7 Å². The van der Waals surface area contributed by atoms with E-state index in [4.69, 9.17) is 9.47 Å². The first-order chi connectivity index (χ1) is 15.9. The van der Waals surface area contributed by atoms with Crippen LogP contribution in [-0.4, -0.2) is 32.1 Å². The number of anilines is 2. The smallest absolute Gasteiger partial charge is 0.262 e. The van der Waals surface area contributed by atoms with Gasteiger partial charge in [-0.25, -0.2) is 4.39 Å². The molecular weight excluding hydrogens is 423 g/mol. The number of methoxy groups -OCH3 is 1. The first kappa shape index (κ1) is 22.3. The molecule has 1 aliphatic heterocycles. The first-order valence-corrected chi connectivity index (χ1v) is 10.7. The molecule has 0 bridgehead atoms. The van der Waals surface area contributed by atoms with E-state index >= 15 is 0 Å². The highest BCUT2D eigenvalue weighted by atomic mass is 19.1. The van der Waals surface area contributed by atoms with Gasteiger partial charge >= 0.3 is 0 Å². The Balaban J connectivity index is 1.45. The van der Waals surface area contributed by atoms with E-state index in [2.05, 4.69) is 11.4 Å². The largest absolute Gasteiger partial charge is 0.493 e. The maximum atomic E-state index is 13.3. The Bertz CT molecular complexity index is 1180. The van der Waals surface area contributed by atoms with E-state index < -0.39 is 5.91 Å². The minimum atomic E-state index is -0.399. The number of nitrogens with zero attached hydrogens (tertiary/aromatic N) is 1. The van der Waals surface area contributed by atoms with E-state index in [0.29, 0.717) is 29.3 Å². The fourth-order valence-corrected chi connectivity index (χ4v) is 3.89. The average molecular weight is 448 g/mol. The molecule has 6 nitrogen and oxygen atoms in total. The second-order valence-electron chi connectivity index (χ2n) is 7.90. The summed E-state index contributed by atoms with van der Waals surface area (Å²) in [5.41, 5.74) is 4.23. The number of carbonyl (C=O) groups excluding carboxylic acids is 2. The molecule has 0 aromatic heterocycles. The SMILES string of the molecule is COc1cc(C(=O)N2CCCc3cc(C)ccc32)ccc1OCC(=O)Nc1ccc(F)cc1. The Morgan fingerprint density at radius 1 is 1.03 bits per heavy atom. The van der Waals surface area contributed by atoms with Gasteiger partial charge in [0.25, 0.3) is 11.8 Å². The summed E-state index contributed by atoms with van der Waals surface area (Å²) in [4.78, 5) is 27.2. The van der Waals surface area contributed by atoms with Crippen LogP contribution >= 0.6 is 0 Å². The molecule has 0 aliphatic carbocycles. The molecule has 7 heteroatoms. The Morgan fingerprint density at radius 2 is 1.82 bits per heavy atom. The van der Waals surface area contributed by atoms with Crippen molar-refractivity contribution in [1.29, 1.82) is 0 Å². The van der Waals surface area contributed by atoms with Crippen molar-refractivity contribution in [3.63, 3.8) is 0 Å². The van der Waals surface area contributed by atoms with Crippen LogP contribution in [0.1, 0.15) is 27.9 Å². The van der Waals surface area contributed by atoms with Crippen LogP contribution in [0.3, 0.4) is 0 Å². The molecule has 33 heavy (non-hydrogen) atoms. The molecule has 0 saturated heterocycles. The standard InChI is InChI=1S/C26H25FN2O4/c1-17-5-11-22-18(14-17)4-3-13-29(22)26(31)19-6-12-23(24(15-19)32-2)33-16-25(30)28-21-9-7-20(27)8-10-21/h5-12,14-15H,3-4,13,16H2,1-2H3,(H,28,30). The quantitative estimate of drug-likeness (QED) is 0.591. The molecule has 2 amide bonds. The number of rotatable bonds is 6. The molecule has 1 N–H and O–H groups in total. The Kier molecular flexibility index (Phi) is 6.58. The Hall–Kier alpha value is -3.87. The van der Waals surface area contributed by atoms with Crippen LogP contribution in [0.5, 0.6) is 11.5 Å². The predicted octanol–water partition coefficient (Wildman–Crippen LogP) is 4.75. The van der Waals surface area contributed by atoms with Crippen molar-refractivity contribution < 1.29 is 23.5 Å². The van der Waals surface area contributed by atoms with E-state index in [1.165, 1.54) is 42.5 Å². The molecule has 0 atom stereocenters. The Labute approximate surface area is 191 Å². The normalized spacial score (nSPS) is 12.6. The van der Waals surface area contributed by atoms with Gasteiger partial charge in [-0.1, -0.05) is 17.7 Å². The summed E-state index contributed by atoms with van der Waals surface area (Å²) in [6, 6.07) is 16.5. The van der Waals surface area contributed by atoms with Crippen molar-refractivity contribution in [1.82, 2.24) is 0 Å². The van der Waals surface area contributed by atoms with E-state index in [1.54, 1.807) is 23.1 Å². The van der Waals surface area contributed by atoms with Crippen LogP contribution in [0.4, 0.5) is 15.8 Å². The summed E-state index contributed by atoms with van der Waals surface area (Å²) in [5, 5.41) is 2.63. The predicted molar refractivity (Wildman–Crippen MR) is 125 cm³/mol. The van der Waals surface area contributed by atoms with E-state index in [-0.39, 0.29) is 18.3 Å². The molecule has 3 aromatic carbocycles. The van der Waals surface area contributed by atoms with Gasteiger partial charge in [0.05, 0.1) is 7.11 Å².